The van der Waals surface area contributed by atoms with Crippen LogP contribution >= 0.6 is 0 Å². The molecule has 0 spiro atoms. The number of amides is 3. The summed E-state index contributed by atoms with van der Waals surface area (Å²) in [7, 11) is 1.45. The molecule has 4 aromatic rings. The van der Waals surface area contributed by atoms with Gasteiger partial charge in [-0.2, -0.15) is 5.10 Å². The molecule has 0 atom stereocenters. The van der Waals surface area contributed by atoms with E-state index in [1.54, 1.807) is 28.3 Å². The Labute approximate surface area is 229 Å². The number of nitrogens with one attached hydrogen (secondary N) is 2. The molecule has 3 amide bonds. The van der Waals surface area contributed by atoms with Crippen LogP contribution in [0.2, 0.25) is 0 Å². The van der Waals surface area contributed by atoms with Crippen LogP contribution in [0.25, 0.3) is 11.0 Å². The molecule has 4 N–H and O–H groups in total. The van der Waals surface area contributed by atoms with E-state index in [-0.39, 0.29) is 24.7 Å². The van der Waals surface area contributed by atoms with Crippen molar-refractivity contribution in [3.05, 3.63) is 70.8 Å². The van der Waals surface area contributed by atoms with Crippen molar-refractivity contribution in [2.24, 2.45) is 5.73 Å². The number of methoxy groups -OCH3 is 1. The number of hydrogen-bond donors (Lipinski definition) is 3. The number of halogens is 1. The lowest BCUT2D eigenvalue weighted by Crippen LogP contribution is -2.26. The van der Waals surface area contributed by atoms with Crippen molar-refractivity contribution < 1.29 is 28.2 Å². The van der Waals surface area contributed by atoms with Gasteiger partial charge in [0.05, 0.1) is 18.3 Å². The lowest BCUT2D eigenvalue weighted by Gasteiger charge is -2.13. The van der Waals surface area contributed by atoms with Gasteiger partial charge >= 0.3 is 6.09 Å². The van der Waals surface area contributed by atoms with Crippen LogP contribution in [0.3, 0.4) is 0 Å². The molecule has 210 valence electrons. The first-order valence-electron chi connectivity index (χ1n) is 12.6. The van der Waals surface area contributed by atoms with E-state index in [2.05, 4.69) is 20.7 Å². The molecule has 40 heavy (non-hydrogen) atoms. The molecule has 2 aromatic carbocycles. The van der Waals surface area contributed by atoms with Gasteiger partial charge in [0.25, 0.3) is 5.91 Å². The third-order valence-electron chi connectivity index (χ3n) is 6.06. The van der Waals surface area contributed by atoms with E-state index >= 15 is 0 Å². The van der Waals surface area contributed by atoms with Gasteiger partial charge in [-0.25, -0.2) is 14.2 Å². The van der Waals surface area contributed by atoms with Crippen molar-refractivity contribution in [1.82, 2.24) is 24.6 Å². The number of aromatic nitrogens is 4. The number of imidazole rings is 1. The largest absolute Gasteiger partial charge is 0.494 e. The average Bonchev–Trinajstić information content (AvgIpc) is 3.48. The highest BCUT2D eigenvalue weighted by Gasteiger charge is 2.21. The molecular weight excluding hydrogens is 521 g/mol. The second-order valence-corrected chi connectivity index (χ2v) is 8.92. The molecule has 2 heterocycles. The minimum atomic E-state index is -0.653. The third-order valence-corrected chi connectivity index (χ3v) is 6.06. The zero-order valence-corrected chi connectivity index (χ0v) is 22.4. The van der Waals surface area contributed by atoms with Crippen LogP contribution in [0.1, 0.15) is 45.4 Å². The summed E-state index contributed by atoms with van der Waals surface area (Å²) in [5, 5.41) is 9.81. The van der Waals surface area contributed by atoms with E-state index < -0.39 is 23.7 Å². The minimum Gasteiger partial charge on any atom is -0.494 e. The second kappa shape index (κ2) is 12.3. The van der Waals surface area contributed by atoms with E-state index in [0.29, 0.717) is 53.2 Å². The van der Waals surface area contributed by atoms with E-state index in [1.165, 1.54) is 37.4 Å². The summed E-state index contributed by atoms with van der Waals surface area (Å²) in [6.07, 6.45) is -0.226. The number of nitrogens with zero attached hydrogens (tertiary/aromatic N) is 4. The van der Waals surface area contributed by atoms with Gasteiger partial charge in [0, 0.05) is 25.2 Å². The second-order valence-electron chi connectivity index (χ2n) is 8.92. The first-order valence-corrected chi connectivity index (χ1v) is 12.6. The maximum atomic E-state index is 13.3. The minimum absolute atomic E-state index is 0.0703. The highest BCUT2D eigenvalue weighted by Crippen LogP contribution is 2.31. The molecule has 0 aliphatic rings. The Hall–Kier alpha value is -4.94. The molecule has 12 nitrogen and oxygen atoms in total. The molecular formula is C27H30FN7O5. The fourth-order valence-electron chi connectivity index (χ4n) is 4.23. The number of primary amides is 1. The molecule has 2 aromatic heterocycles. The number of alkyl carbamates (subject to hydrolysis) is 1. The Morgan fingerprint density at radius 1 is 1.15 bits per heavy atom. The van der Waals surface area contributed by atoms with E-state index in [9.17, 15) is 18.8 Å². The molecule has 0 aliphatic carbocycles. The number of benzene rings is 2. The molecule has 0 saturated carbocycles. The van der Waals surface area contributed by atoms with Crippen LogP contribution in [0.4, 0.5) is 15.1 Å². The number of fused-ring (bicyclic) bond motifs is 1. The molecule has 0 radical (unpaired) electrons. The third kappa shape index (κ3) is 6.37. The summed E-state index contributed by atoms with van der Waals surface area (Å²) in [4.78, 5) is 41.7. The molecule has 0 fully saturated rings. The predicted octanol–water partition coefficient (Wildman–Crippen LogP) is 3.38. The maximum Gasteiger partial charge on any atom is 0.407 e. The summed E-state index contributed by atoms with van der Waals surface area (Å²) in [6, 6.07) is 10.5. The monoisotopic (exact) mass is 551 g/mol. The molecule has 0 bridgehead atoms. The number of anilines is 1. The van der Waals surface area contributed by atoms with Crippen molar-refractivity contribution in [2.45, 2.75) is 40.0 Å². The number of rotatable bonds is 11. The molecule has 13 heteroatoms. The zero-order chi connectivity index (χ0) is 28.8. The Morgan fingerprint density at radius 2 is 1.95 bits per heavy atom. The topological polar surface area (TPSA) is 155 Å². The van der Waals surface area contributed by atoms with Crippen LogP contribution in [0, 0.1) is 12.7 Å². The van der Waals surface area contributed by atoms with Crippen molar-refractivity contribution in [2.75, 3.05) is 19.0 Å². The van der Waals surface area contributed by atoms with Crippen molar-refractivity contribution in [1.29, 1.82) is 0 Å². The molecule has 0 aliphatic heterocycles. The first-order chi connectivity index (χ1) is 19.2. The SMILES string of the molecule is CCn1nc(C)cc1C(=O)Nc1nc2cc(C(N)=O)cc(OC)c2n1CCCNC(=O)OCc1cccc(F)c1. The van der Waals surface area contributed by atoms with Gasteiger partial charge in [-0.15, -0.1) is 0 Å². The van der Waals surface area contributed by atoms with Crippen LogP contribution in [-0.4, -0.2) is 50.9 Å². The highest BCUT2D eigenvalue weighted by molar-refractivity contribution is 6.04. The number of nitrogens with two attached hydrogens (primary N) is 1. The highest BCUT2D eigenvalue weighted by atomic mass is 19.1. The summed E-state index contributed by atoms with van der Waals surface area (Å²) in [5.41, 5.74) is 8.21. The summed E-state index contributed by atoms with van der Waals surface area (Å²) in [6.45, 7) is 4.66. The summed E-state index contributed by atoms with van der Waals surface area (Å²) < 4.78 is 27.3. The van der Waals surface area contributed by atoms with Crippen molar-refractivity contribution in [3.8, 4) is 5.75 Å². The number of carbonyl (C=O) groups excluding carboxylic acids is 3. The standard InChI is InChI=1S/C27H30FN7O5/c1-4-35-21(11-16(2)33-35)25(37)32-26-31-20-13-18(24(29)36)14-22(39-3)23(20)34(26)10-6-9-30-27(38)40-15-17-7-5-8-19(28)12-17/h5,7-8,11-14H,4,6,9-10,15H2,1-3H3,(H2,29,36)(H,30,38)(H,31,32,37). The Morgan fingerprint density at radius 3 is 2.65 bits per heavy atom. The summed E-state index contributed by atoms with van der Waals surface area (Å²) in [5.74, 6) is -0.910. The lowest BCUT2D eigenvalue weighted by atomic mass is 10.1. The van der Waals surface area contributed by atoms with Gasteiger partial charge < -0.3 is 25.1 Å². The maximum absolute atomic E-state index is 13.3. The van der Waals surface area contributed by atoms with Crippen molar-refractivity contribution in [3.63, 3.8) is 0 Å². The lowest BCUT2D eigenvalue weighted by molar-refractivity contribution is 0.0995. The Kier molecular flexibility index (Phi) is 8.62. The molecule has 4 rings (SSSR count). The smallest absolute Gasteiger partial charge is 0.407 e. The number of carbonyl (C=O) groups is 3. The molecule has 0 saturated heterocycles. The first kappa shape index (κ1) is 28.1. The fourth-order valence-corrected chi connectivity index (χ4v) is 4.23. The average molecular weight is 552 g/mol. The van der Waals surface area contributed by atoms with Crippen LogP contribution < -0.4 is 21.1 Å². The van der Waals surface area contributed by atoms with Gasteiger partial charge in [0.15, 0.2) is 0 Å². The quantitative estimate of drug-likeness (QED) is 0.241. The Balaban J connectivity index is 1.52. The van der Waals surface area contributed by atoms with E-state index in [0.717, 1.165) is 0 Å². The van der Waals surface area contributed by atoms with Gasteiger partial charge in [-0.05, 0) is 56.2 Å². The van der Waals surface area contributed by atoms with Gasteiger partial charge in [0.2, 0.25) is 11.9 Å². The molecule has 0 unspecified atom stereocenters. The number of ether oxygens (including phenoxy) is 2. The number of hydrogen-bond acceptors (Lipinski definition) is 7. The van der Waals surface area contributed by atoms with E-state index in [4.69, 9.17) is 15.2 Å². The van der Waals surface area contributed by atoms with E-state index in [1.807, 2.05) is 6.92 Å². The van der Waals surface area contributed by atoms with Crippen LogP contribution in [-0.2, 0) is 24.4 Å². The van der Waals surface area contributed by atoms with Gasteiger partial charge in [-0.1, -0.05) is 12.1 Å². The van der Waals surface area contributed by atoms with Crippen LogP contribution in [0.15, 0.2) is 42.5 Å². The zero-order valence-electron chi connectivity index (χ0n) is 22.4. The van der Waals surface area contributed by atoms with Gasteiger partial charge in [0.1, 0.15) is 29.4 Å². The van der Waals surface area contributed by atoms with Gasteiger partial charge in [-0.3, -0.25) is 19.6 Å². The fraction of sp³-hybridized carbons (Fsp3) is 0.296. The predicted molar refractivity (Wildman–Crippen MR) is 145 cm³/mol. The Bertz CT molecular complexity index is 1560. The van der Waals surface area contributed by atoms with Crippen LogP contribution in [0.5, 0.6) is 5.75 Å². The number of aryl methyl sites for hydroxylation is 3. The normalized spacial score (nSPS) is 10.9. The summed E-state index contributed by atoms with van der Waals surface area (Å²) >= 11 is 0. The van der Waals surface area contributed by atoms with Crippen molar-refractivity contribution >= 4 is 34.9 Å².